The molecule has 0 amide bonds. The summed E-state index contributed by atoms with van der Waals surface area (Å²) in [7, 11) is 0. The highest BCUT2D eigenvalue weighted by Crippen LogP contribution is 2.29. The zero-order valence-electron chi connectivity index (χ0n) is 13.3. The highest BCUT2D eigenvalue weighted by atomic mass is 35.5. The number of ketones is 1. The van der Waals surface area contributed by atoms with Crippen LogP contribution in [0.2, 0.25) is 10.0 Å². The number of furan rings is 1. The Bertz CT molecular complexity index is 693. The lowest BCUT2D eigenvalue weighted by molar-refractivity contribution is 0.0932. The van der Waals surface area contributed by atoms with Crippen LogP contribution in [-0.2, 0) is 0 Å². The Morgan fingerprint density at radius 1 is 1.04 bits per heavy atom. The third-order valence-corrected chi connectivity index (χ3v) is 4.93. The van der Waals surface area contributed by atoms with Crippen molar-refractivity contribution >= 4 is 41.4 Å². The lowest BCUT2D eigenvalue weighted by atomic mass is 10.1. The maximum Gasteiger partial charge on any atom is 0.199 e. The molecule has 3 nitrogen and oxygen atoms in total. The van der Waals surface area contributed by atoms with E-state index in [0.29, 0.717) is 28.0 Å². The van der Waals surface area contributed by atoms with Crippen molar-refractivity contribution in [3.05, 3.63) is 46.1 Å². The summed E-state index contributed by atoms with van der Waals surface area (Å²) in [6.07, 6.45) is 4.26. The summed E-state index contributed by atoms with van der Waals surface area (Å²) >= 11 is 11.9. The van der Waals surface area contributed by atoms with Gasteiger partial charge in [-0.3, -0.25) is 4.79 Å². The number of hydrogen-bond acceptors (Lipinski definition) is 3. The summed E-state index contributed by atoms with van der Waals surface area (Å²) in [5, 5.41) is 0.971. The highest BCUT2D eigenvalue weighted by Gasteiger charge is 2.16. The van der Waals surface area contributed by atoms with Gasteiger partial charge >= 0.3 is 0 Å². The number of nitrogens with zero attached hydrogens (tertiary/aromatic N) is 1. The van der Waals surface area contributed by atoms with E-state index in [-0.39, 0.29) is 18.2 Å². The topological polar surface area (TPSA) is 33.5 Å². The van der Waals surface area contributed by atoms with Crippen LogP contribution in [0.3, 0.4) is 0 Å². The Morgan fingerprint density at radius 3 is 2.50 bits per heavy atom. The van der Waals surface area contributed by atoms with Gasteiger partial charge in [-0.25, -0.2) is 0 Å². The van der Waals surface area contributed by atoms with Gasteiger partial charge < -0.3 is 9.32 Å². The van der Waals surface area contributed by atoms with Gasteiger partial charge in [0, 0.05) is 18.5 Å². The molecular formula is C18H20Cl3NO2. The van der Waals surface area contributed by atoms with Crippen molar-refractivity contribution in [3.63, 3.8) is 0 Å². The number of hydrogen-bond donors (Lipinski definition) is 0. The monoisotopic (exact) mass is 387 g/mol. The van der Waals surface area contributed by atoms with Crippen LogP contribution in [0.25, 0.3) is 11.3 Å². The lowest BCUT2D eigenvalue weighted by Crippen LogP contribution is -2.31. The molecule has 0 aliphatic carbocycles. The van der Waals surface area contributed by atoms with E-state index in [1.165, 1.54) is 19.3 Å². The molecule has 1 fully saturated rings. The predicted molar refractivity (Wildman–Crippen MR) is 101 cm³/mol. The number of benzene rings is 1. The molecule has 2 aromatic rings. The molecule has 130 valence electrons. The van der Waals surface area contributed by atoms with E-state index >= 15 is 0 Å². The van der Waals surface area contributed by atoms with Gasteiger partial charge in [-0.05, 0) is 56.3 Å². The van der Waals surface area contributed by atoms with Crippen molar-refractivity contribution in [3.8, 4) is 11.3 Å². The Hall–Kier alpha value is -1.00. The van der Waals surface area contributed by atoms with Crippen LogP contribution in [0, 0.1) is 0 Å². The first kappa shape index (κ1) is 19.3. The zero-order chi connectivity index (χ0) is 16.2. The molecular weight excluding hydrogens is 369 g/mol. The molecule has 0 saturated carbocycles. The fourth-order valence-electron chi connectivity index (χ4n) is 2.86. The second-order valence-electron chi connectivity index (χ2n) is 5.87. The van der Waals surface area contributed by atoms with Crippen molar-refractivity contribution in [2.75, 3.05) is 19.6 Å². The summed E-state index contributed by atoms with van der Waals surface area (Å²) < 4.78 is 5.70. The maximum atomic E-state index is 12.3. The van der Waals surface area contributed by atoms with Crippen molar-refractivity contribution in [2.24, 2.45) is 0 Å². The molecule has 2 heterocycles. The van der Waals surface area contributed by atoms with Crippen LogP contribution < -0.4 is 0 Å². The first-order valence-corrected chi connectivity index (χ1v) is 8.70. The molecule has 24 heavy (non-hydrogen) atoms. The Labute approximate surface area is 158 Å². The smallest absolute Gasteiger partial charge is 0.199 e. The minimum atomic E-state index is 0. The van der Waals surface area contributed by atoms with Crippen molar-refractivity contribution < 1.29 is 9.21 Å². The first-order chi connectivity index (χ1) is 11.1. The molecule has 1 saturated heterocycles. The van der Waals surface area contributed by atoms with E-state index in [4.69, 9.17) is 27.6 Å². The number of likely N-dealkylation sites (tertiary alicyclic amines) is 1. The summed E-state index contributed by atoms with van der Waals surface area (Å²) in [6.45, 7) is 3.00. The minimum Gasteiger partial charge on any atom is -0.453 e. The number of Topliss-reactive ketones (excluding diaryl/α,β-unsaturated/α-hetero) is 1. The van der Waals surface area contributed by atoms with Crippen LogP contribution in [0.1, 0.15) is 36.2 Å². The molecule has 6 heteroatoms. The molecule has 1 aromatic carbocycles. The molecule has 0 bridgehead atoms. The van der Waals surface area contributed by atoms with Crippen LogP contribution in [0.5, 0.6) is 0 Å². The average Bonchev–Trinajstić information content (AvgIpc) is 3.06. The number of carbonyl (C=O) groups excluding carboxylic acids is 1. The van der Waals surface area contributed by atoms with E-state index in [1.807, 2.05) is 6.07 Å². The second-order valence-corrected chi connectivity index (χ2v) is 6.68. The second kappa shape index (κ2) is 8.91. The molecule has 0 spiro atoms. The Morgan fingerprint density at radius 2 is 1.79 bits per heavy atom. The van der Waals surface area contributed by atoms with Crippen molar-refractivity contribution in [1.29, 1.82) is 0 Å². The van der Waals surface area contributed by atoms with Crippen LogP contribution >= 0.6 is 35.6 Å². The molecule has 0 atom stereocenters. The Balaban J connectivity index is 0.00000208. The standard InChI is InChI=1S/C18H19Cl2NO2.ClH/c19-14-5-4-13(12-15(14)20)17-6-7-18(23-17)16(22)8-11-21-9-2-1-3-10-21;/h4-7,12H,1-3,8-11H2;1H. The maximum absolute atomic E-state index is 12.3. The fraction of sp³-hybridized carbons (Fsp3) is 0.389. The molecule has 1 aliphatic heterocycles. The molecule has 0 unspecified atom stereocenters. The average molecular weight is 389 g/mol. The van der Waals surface area contributed by atoms with E-state index in [2.05, 4.69) is 4.90 Å². The zero-order valence-corrected chi connectivity index (χ0v) is 15.6. The van der Waals surface area contributed by atoms with Gasteiger partial charge in [-0.1, -0.05) is 29.6 Å². The number of halogens is 3. The van der Waals surface area contributed by atoms with E-state index in [9.17, 15) is 4.79 Å². The SMILES string of the molecule is Cl.O=C(CCN1CCCCC1)c1ccc(-c2ccc(Cl)c(Cl)c2)o1. The predicted octanol–water partition coefficient (Wildman–Crippen LogP) is 5.73. The first-order valence-electron chi connectivity index (χ1n) is 7.94. The molecule has 1 aromatic heterocycles. The van der Waals surface area contributed by atoms with Crippen LogP contribution in [-0.4, -0.2) is 30.3 Å². The van der Waals surface area contributed by atoms with Crippen LogP contribution in [0.15, 0.2) is 34.7 Å². The van der Waals surface area contributed by atoms with Gasteiger partial charge in [-0.2, -0.15) is 0 Å². The van der Waals surface area contributed by atoms with E-state index < -0.39 is 0 Å². The summed E-state index contributed by atoms with van der Waals surface area (Å²) in [5.41, 5.74) is 0.814. The van der Waals surface area contributed by atoms with Gasteiger partial charge in [0.25, 0.3) is 0 Å². The summed E-state index contributed by atoms with van der Waals surface area (Å²) in [6, 6.07) is 8.82. The third kappa shape index (κ3) is 4.76. The quantitative estimate of drug-likeness (QED) is 0.613. The molecule has 0 N–H and O–H groups in total. The van der Waals surface area contributed by atoms with Crippen molar-refractivity contribution in [2.45, 2.75) is 25.7 Å². The summed E-state index contributed by atoms with van der Waals surface area (Å²) in [4.78, 5) is 14.6. The van der Waals surface area contributed by atoms with Gasteiger partial charge in [-0.15, -0.1) is 12.4 Å². The number of rotatable bonds is 5. The third-order valence-electron chi connectivity index (χ3n) is 4.19. The van der Waals surface area contributed by atoms with Gasteiger partial charge in [0.05, 0.1) is 10.0 Å². The number of piperidine rings is 1. The largest absolute Gasteiger partial charge is 0.453 e. The summed E-state index contributed by atoms with van der Waals surface area (Å²) in [5.74, 6) is 1.08. The molecule has 3 rings (SSSR count). The van der Waals surface area contributed by atoms with E-state index in [1.54, 1.807) is 24.3 Å². The van der Waals surface area contributed by atoms with Gasteiger partial charge in [0.15, 0.2) is 11.5 Å². The Kier molecular flexibility index (Phi) is 7.17. The normalized spacial score (nSPS) is 15.1. The highest BCUT2D eigenvalue weighted by molar-refractivity contribution is 6.42. The van der Waals surface area contributed by atoms with Crippen molar-refractivity contribution in [1.82, 2.24) is 4.90 Å². The van der Waals surface area contributed by atoms with Gasteiger partial charge in [0.1, 0.15) is 5.76 Å². The molecule has 0 radical (unpaired) electrons. The lowest BCUT2D eigenvalue weighted by Gasteiger charge is -2.25. The van der Waals surface area contributed by atoms with Crippen LogP contribution in [0.4, 0.5) is 0 Å². The number of carbonyl (C=O) groups is 1. The van der Waals surface area contributed by atoms with Gasteiger partial charge in [0.2, 0.25) is 0 Å². The fourth-order valence-corrected chi connectivity index (χ4v) is 3.16. The van der Waals surface area contributed by atoms with E-state index in [0.717, 1.165) is 25.2 Å². The molecule has 1 aliphatic rings. The minimum absolute atomic E-state index is 0.